The van der Waals surface area contributed by atoms with E-state index in [-0.39, 0.29) is 17.8 Å². The molecule has 0 saturated carbocycles. The molecule has 2 heterocycles. The van der Waals surface area contributed by atoms with Gasteiger partial charge in [0.05, 0.1) is 6.42 Å². The van der Waals surface area contributed by atoms with Crippen LogP contribution in [0.4, 0.5) is 5.82 Å². The predicted molar refractivity (Wildman–Crippen MR) is 93.0 cm³/mol. The fourth-order valence-electron chi connectivity index (χ4n) is 2.11. The topological polar surface area (TPSA) is 106 Å². The number of rotatable bonds is 3. The van der Waals surface area contributed by atoms with Gasteiger partial charge >= 0.3 is 0 Å². The van der Waals surface area contributed by atoms with E-state index in [2.05, 4.69) is 9.97 Å². The lowest BCUT2D eigenvalue weighted by molar-refractivity contribution is -0.107. The summed E-state index contributed by atoms with van der Waals surface area (Å²) in [7, 11) is 0. The number of aldehydes is 1. The van der Waals surface area contributed by atoms with E-state index in [1.807, 2.05) is 25.1 Å². The van der Waals surface area contributed by atoms with E-state index >= 15 is 0 Å². The molecule has 0 saturated heterocycles. The number of anilines is 1. The van der Waals surface area contributed by atoms with Gasteiger partial charge < -0.3 is 15.5 Å². The van der Waals surface area contributed by atoms with Crippen LogP contribution >= 0.6 is 0 Å². The molecule has 0 fully saturated rings. The number of carbonyl (C=O) groups excluding carboxylic acids is 2. The monoisotopic (exact) mass is 323 g/mol. The molecule has 0 aliphatic rings. The Kier molecular flexibility index (Phi) is 5.57. The van der Waals surface area contributed by atoms with Crippen LogP contribution in [-0.4, -0.2) is 22.0 Å². The number of hydrogen-bond donors (Lipinski definition) is 2. The van der Waals surface area contributed by atoms with Crippen LogP contribution in [0.5, 0.6) is 0 Å². The molecule has 6 heteroatoms. The number of nitrogens with one attached hydrogen (secondary N) is 1. The molecule has 3 aromatic rings. The molecular formula is C18H17N3O3. The summed E-state index contributed by atoms with van der Waals surface area (Å²) in [6, 6.07) is 13.9. The van der Waals surface area contributed by atoms with Gasteiger partial charge in [-0.05, 0) is 30.7 Å². The van der Waals surface area contributed by atoms with E-state index in [4.69, 9.17) is 5.73 Å². The number of carbonyl (C=O) groups is 2. The smallest absolute Gasteiger partial charge is 0.249 e. The van der Waals surface area contributed by atoms with Crippen molar-refractivity contribution in [3.63, 3.8) is 0 Å². The molecule has 2 aromatic heterocycles. The van der Waals surface area contributed by atoms with Crippen molar-refractivity contribution < 1.29 is 9.59 Å². The van der Waals surface area contributed by atoms with Crippen LogP contribution in [0.15, 0.2) is 53.3 Å². The largest absolute Gasteiger partial charge is 0.384 e. The number of Topliss-reactive ketones (excluding diaryl/α,β-unsaturated/α-hetero) is 1. The third-order valence-corrected chi connectivity index (χ3v) is 3.32. The highest BCUT2D eigenvalue weighted by molar-refractivity contribution is 6.03. The van der Waals surface area contributed by atoms with Gasteiger partial charge in [-0.15, -0.1) is 0 Å². The summed E-state index contributed by atoms with van der Waals surface area (Å²) in [6.45, 7) is 1.86. The number of nitrogen functional groups attached to an aromatic ring is 1. The second-order valence-corrected chi connectivity index (χ2v) is 5.11. The van der Waals surface area contributed by atoms with Crippen molar-refractivity contribution in [1.29, 1.82) is 0 Å². The van der Waals surface area contributed by atoms with Crippen molar-refractivity contribution in [3.05, 3.63) is 70.0 Å². The minimum Gasteiger partial charge on any atom is -0.384 e. The molecular weight excluding hydrogens is 306 g/mol. The normalized spacial score (nSPS) is 9.88. The van der Waals surface area contributed by atoms with E-state index < -0.39 is 0 Å². The number of aromatic amines is 1. The Hall–Kier alpha value is -3.28. The Balaban J connectivity index is 0.000000174. The number of ketones is 1. The average molecular weight is 323 g/mol. The summed E-state index contributed by atoms with van der Waals surface area (Å²) in [4.78, 5) is 38.7. The second kappa shape index (κ2) is 7.82. The first-order valence-electron chi connectivity index (χ1n) is 7.29. The first-order valence-corrected chi connectivity index (χ1v) is 7.29. The molecule has 0 atom stereocenters. The molecule has 3 rings (SSSR count). The standard InChI is InChI=1S/C10H10O2.C8H7N3O/c1-8-4-2-3-5-9(8)10(12)6-7-11;9-6-3-1-5-2-4-7(12)11-8(5)10-6/h2-5,7H,6H2,1H3;1-4H,(H3,9,10,11,12). The highest BCUT2D eigenvalue weighted by Gasteiger charge is 2.06. The molecule has 0 amide bonds. The summed E-state index contributed by atoms with van der Waals surface area (Å²) in [5.74, 6) is 0.299. The Morgan fingerprint density at radius 1 is 1.17 bits per heavy atom. The molecule has 0 aliphatic heterocycles. The van der Waals surface area contributed by atoms with Crippen molar-refractivity contribution in [2.45, 2.75) is 13.3 Å². The molecule has 0 unspecified atom stereocenters. The number of benzene rings is 1. The minimum atomic E-state index is -0.166. The number of H-pyrrole nitrogens is 1. The Labute approximate surface area is 138 Å². The first kappa shape index (κ1) is 17.1. The van der Waals surface area contributed by atoms with Crippen LogP contribution in [0.1, 0.15) is 22.3 Å². The van der Waals surface area contributed by atoms with E-state index in [0.717, 1.165) is 10.9 Å². The van der Waals surface area contributed by atoms with Crippen molar-refractivity contribution in [3.8, 4) is 0 Å². The van der Waals surface area contributed by atoms with Gasteiger partial charge in [-0.3, -0.25) is 9.59 Å². The summed E-state index contributed by atoms with van der Waals surface area (Å²) in [6.07, 6.45) is 0.611. The summed E-state index contributed by atoms with van der Waals surface area (Å²) < 4.78 is 0. The van der Waals surface area contributed by atoms with Crippen molar-refractivity contribution in [2.24, 2.45) is 0 Å². The molecule has 1 aromatic carbocycles. The summed E-state index contributed by atoms with van der Waals surface area (Å²) >= 11 is 0. The maximum absolute atomic E-state index is 11.2. The molecule has 6 nitrogen and oxygen atoms in total. The van der Waals surface area contributed by atoms with Gasteiger partial charge in [0.15, 0.2) is 5.78 Å². The van der Waals surface area contributed by atoms with Gasteiger partial charge in [0.25, 0.3) is 0 Å². The number of aryl methyl sites for hydroxylation is 1. The third kappa shape index (κ3) is 4.36. The van der Waals surface area contributed by atoms with Gasteiger partial charge in [-0.25, -0.2) is 4.98 Å². The zero-order valence-electron chi connectivity index (χ0n) is 13.2. The summed E-state index contributed by atoms with van der Waals surface area (Å²) in [5, 5.41) is 0.879. The van der Waals surface area contributed by atoms with E-state index in [1.165, 1.54) is 6.07 Å². The zero-order chi connectivity index (χ0) is 17.5. The average Bonchev–Trinajstić information content (AvgIpc) is 2.55. The minimum absolute atomic E-state index is 0.0230. The van der Waals surface area contributed by atoms with Crippen LogP contribution in [0.2, 0.25) is 0 Å². The lowest BCUT2D eigenvalue weighted by atomic mass is 10.0. The van der Waals surface area contributed by atoms with Crippen LogP contribution < -0.4 is 11.3 Å². The van der Waals surface area contributed by atoms with Crippen LogP contribution in [0.25, 0.3) is 11.0 Å². The van der Waals surface area contributed by atoms with Gasteiger partial charge in [-0.1, -0.05) is 24.3 Å². The van der Waals surface area contributed by atoms with Crippen LogP contribution in [0.3, 0.4) is 0 Å². The molecule has 3 N–H and O–H groups in total. The van der Waals surface area contributed by atoms with Crippen molar-refractivity contribution in [2.75, 3.05) is 5.73 Å². The molecule has 0 aliphatic carbocycles. The lowest BCUT2D eigenvalue weighted by Gasteiger charge is -2.00. The molecule has 0 bridgehead atoms. The highest BCUT2D eigenvalue weighted by atomic mass is 16.1. The summed E-state index contributed by atoms with van der Waals surface area (Å²) in [5.41, 5.74) is 7.37. The molecule has 24 heavy (non-hydrogen) atoms. The number of nitrogens with zero attached hydrogens (tertiary/aromatic N) is 1. The van der Waals surface area contributed by atoms with Gasteiger partial charge in [0.2, 0.25) is 5.56 Å². The predicted octanol–water partition coefficient (Wildman–Crippen LogP) is 2.27. The van der Waals surface area contributed by atoms with E-state index in [0.29, 0.717) is 23.3 Å². The quantitative estimate of drug-likeness (QED) is 0.437. The third-order valence-electron chi connectivity index (χ3n) is 3.32. The second-order valence-electron chi connectivity index (χ2n) is 5.11. The van der Waals surface area contributed by atoms with Gasteiger partial charge in [0.1, 0.15) is 17.8 Å². The number of nitrogens with two attached hydrogens (primary N) is 1. The Morgan fingerprint density at radius 2 is 1.88 bits per heavy atom. The lowest BCUT2D eigenvalue weighted by Crippen LogP contribution is -2.04. The molecule has 0 spiro atoms. The SMILES string of the molecule is Cc1ccccc1C(=O)CC=O.Nc1ccc2ccc(=O)[nH]c2n1. The number of pyridine rings is 2. The maximum atomic E-state index is 11.2. The molecule has 122 valence electrons. The zero-order valence-corrected chi connectivity index (χ0v) is 13.2. The van der Waals surface area contributed by atoms with Gasteiger partial charge in [-0.2, -0.15) is 0 Å². The number of fused-ring (bicyclic) bond motifs is 1. The Morgan fingerprint density at radius 3 is 2.58 bits per heavy atom. The fourth-order valence-corrected chi connectivity index (χ4v) is 2.11. The van der Waals surface area contributed by atoms with E-state index in [1.54, 1.807) is 24.3 Å². The van der Waals surface area contributed by atoms with Gasteiger partial charge in [0, 0.05) is 17.0 Å². The van der Waals surface area contributed by atoms with Crippen molar-refractivity contribution in [1.82, 2.24) is 9.97 Å². The van der Waals surface area contributed by atoms with Crippen LogP contribution in [0, 0.1) is 6.92 Å². The van der Waals surface area contributed by atoms with Crippen LogP contribution in [-0.2, 0) is 4.79 Å². The maximum Gasteiger partial charge on any atom is 0.249 e. The Bertz CT molecular complexity index is 932. The highest BCUT2D eigenvalue weighted by Crippen LogP contribution is 2.09. The molecule has 0 radical (unpaired) electrons. The first-order chi connectivity index (χ1) is 11.5. The number of hydrogen-bond acceptors (Lipinski definition) is 5. The number of aromatic nitrogens is 2. The van der Waals surface area contributed by atoms with E-state index in [9.17, 15) is 14.4 Å². The van der Waals surface area contributed by atoms with Crippen molar-refractivity contribution >= 4 is 28.9 Å². The fraction of sp³-hybridized carbons (Fsp3) is 0.111.